The van der Waals surface area contributed by atoms with Gasteiger partial charge in [0.05, 0.1) is 6.42 Å². The Morgan fingerprint density at radius 2 is 1.72 bits per heavy atom. The van der Waals surface area contributed by atoms with Gasteiger partial charge in [-0.05, 0) is 18.2 Å². The summed E-state index contributed by atoms with van der Waals surface area (Å²) in [6, 6.07) is 4.88. The van der Waals surface area contributed by atoms with Crippen LogP contribution in [0.4, 0.5) is 13.2 Å². The molecule has 0 bridgehead atoms. The van der Waals surface area contributed by atoms with Gasteiger partial charge in [0.1, 0.15) is 0 Å². The molecular weight excluding hydrogens is 379 g/mol. The molecule has 0 aromatic heterocycles. The lowest BCUT2D eigenvalue weighted by Gasteiger charge is -2.18. The van der Waals surface area contributed by atoms with Gasteiger partial charge >= 0.3 is 6.18 Å². The van der Waals surface area contributed by atoms with Gasteiger partial charge in [-0.1, -0.05) is 31.9 Å². The summed E-state index contributed by atoms with van der Waals surface area (Å²) >= 11 is 6.44. The number of nitrogens with zero attached hydrogens (tertiary/aromatic N) is 1. The first kappa shape index (κ1) is 15.5. The monoisotopic (exact) mass is 387 g/mol. The van der Waals surface area contributed by atoms with Crippen LogP contribution in [0.25, 0.3) is 0 Å². The number of rotatable bonds is 3. The zero-order valence-electron chi connectivity index (χ0n) is 9.39. The lowest BCUT2D eigenvalue weighted by molar-refractivity contribution is -0.136. The first-order valence-electron chi connectivity index (χ1n) is 4.97. The molecule has 0 fully saturated rings. The molecule has 100 valence electrons. The highest BCUT2D eigenvalue weighted by atomic mass is 79.9. The Morgan fingerprint density at radius 1 is 1.22 bits per heavy atom. The van der Waals surface area contributed by atoms with Crippen molar-refractivity contribution in [3.8, 4) is 0 Å². The first-order chi connectivity index (χ1) is 8.19. The predicted octanol–water partition coefficient (Wildman–Crippen LogP) is 4.24. The predicted molar refractivity (Wildman–Crippen MR) is 69.5 cm³/mol. The van der Waals surface area contributed by atoms with Crippen molar-refractivity contribution in [3.63, 3.8) is 0 Å². The van der Waals surface area contributed by atoms with E-state index in [0.717, 1.165) is 4.90 Å². The fourth-order valence-electron chi connectivity index (χ4n) is 1.29. The van der Waals surface area contributed by atoms with Gasteiger partial charge in [0.2, 0.25) is 0 Å². The summed E-state index contributed by atoms with van der Waals surface area (Å²) < 4.78 is 37.5. The van der Waals surface area contributed by atoms with Crippen molar-refractivity contribution < 1.29 is 18.0 Å². The van der Waals surface area contributed by atoms with E-state index in [1.807, 2.05) is 0 Å². The second kappa shape index (κ2) is 6.06. The maximum atomic E-state index is 12.1. The third-order valence-electron chi connectivity index (χ3n) is 2.19. The molecule has 0 unspecified atom stereocenters. The van der Waals surface area contributed by atoms with Crippen LogP contribution >= 0.6 is 31.9 Å². The molecule has 0 aliphatic carbocycles. The van der Waals surface area contributed by atoms with Gasteiger partial charge in [-0.3, -0.25) is 4.79 Å². The van der Waals surface area contributed by atoms with E-state index in [-0.39, 0.29) is 6.54 Å². The average molecular weight is 389 g/mol. The summed E-state index contributed by atoms with van der Waals surface area (Å²) in [7, 11) is 1.35. The molecule has 0 aliphatic rings. The van der Waals surface area contributed by atoms with Crippen molar-refractivity contribution in [2.75, 3.05) is 13.6 Å². The Hall–Kier alpha value is -0.560. The minimum atomic E-state index is -4.26. The van der Waals surface area contributed by atoms with Crippen molar-refractivity contribution in [1.82, 2.24) is 4.90 Å². The zero-order valence-corrected chi connectivity index (χ0v) is 12.6. The van der Waals surface area contributed by atoms with Gasteiger partial charge in [0.25, 0.3) is 5.91 Å². The van der Waals surface area contributed by atoms with Crippen molar-refractivity contribution in [2.24, 2.45) is 0 Å². The largest absolute Gasteiger partial charge is 0.390 e. The van der Waals surface area contributed by atoms with Crippen LogP contribution in [-0.2, 0) is 0 Å². The Kier molecular flexibility index (Phi) is 5.21. The minimum Gasteiger partial charge on any atom is -0.341 e. The summed E-state index contributed by atoms with van der Waals surface area (Å²) in [6.45, 7) is -0.355. The molecule has 1 aromatic carbocycles. The number of carbonyl (C=O) groups excluding carboxylic acids is 1. The third-order valence-corrected chi connectivity index (χ3v) is 3.10. The molecule has 0 N–H and O–H groups in total. The van der Waals surface area contributed by atoms with Crippen molar-refractivity contribution in [3.05, 3.63) is 32.7 Å². The second-order valence-electron chi connectivity index (χ2n) is 3.75. The lowest BCUT2D eigenvalue weighted by atomic mass is 10.2. The van der Waals surface area contributed by atoms with Crippen LogP contribution in [0.2, 0.25) is 0 Å². The normalized spacial score (nSPS) is 11.4. The van der Waals surface area contributed by atoms with E-state index in [2.05, 4.69) is 31.9 Å². The van der Waals surface area contributed by atoms with Gasteiger partial charge in [0, 0.05) is 28.1 Å². The maximum absolute atomic E-state index is 12.1. The molecule has 0 saturated heterocycles. The summed E-state index contributed by atoms with van der Waals surface area (Å²) in [6.07, 6.45) is -5.27. The fraction of sp³-hybridized carbons (Fsp3) is 0.364. The summed E-state index contributed by atoms with van der Waals surface area (Å²) in [4.78, 5) is 12.9. The maximum Gasteiger partial charge on any atom is 0.390 e. The number of carbonyl (C=O) groups is 1. The van der Waals surface area contributed by atoms with Crippen molar-refractivity contribution >= 4 is 37.8 Å². The van der Waals surface area contributed by atoms with E-state index in [1.54, 1.807) is 18.2 Å². The number of hydrogen-bond donors (Lipinski definition) is 0. The molecular formula is C11H10Br2F3NO. The summed E-state index contributed by atoms with van der Waals surface area (Å²) in [5.41, 5.74) is 0.334. The fourth-order valence-corrected chi connectivity index (χ4v) is 2.59. The molecule has 2 nitrogen and oxygen atoms in total. The topological polar surface area (TPSA) is 20.3 Å². The number of hydrogen-bond acceptors (Lipinski definition) is 1. The molecule has 7 heteroatoms. The highest BCUT2D eigenvalue weighted by Crippen LogP contribution is 2.22. The molecule has 0 aliphatic heterocycles. The lowest BCUT2D eigenvalue weighted by Crippen LogP contribution is -2.30. The van der Waals surface area contributed by atoms with Gasteiger partial charge < -0.3 is 4.90 Å². The molecule has 0 spiro atoms. The first-order valence-corrected chi connectivity index (χ1v) is 6.56. The number of halogens is 5. The SMILES string of the molecule is CN(CCC(F)(F)F)C(=O)c1cc(Br)cc(Br)c1. The molecule has 18 heavy (non-hydrogen) atoms. The number of alkyl halides is 3. The second-order valence-corrected chi connectivity index (χ2v) is 5.58. The third kappa shape index (κ3) is 4.97. The van der Waals surface area contributed by atoms with Crippen LogP contribution < -0.4 is 0 Å². The highest BCUT2D eigenvalue weighted by Gasteiger charge is 2.28. The van der Waals surface area contributed by atoms with E-state index in [1.165, 1.54) is 7.05 Å². The highest BCUT2D eigenvalue weighted by molar-refractivity contribution is 9.11. The van der Waals surface area contributed by atoms with E-state index >= 15 is 0 Å². The molecule has 0 heterocycles. The van der Waals surface area contributed by atoms with E-state index in [4.69, 9.17) is 0 Å². The van der Waals surface area contributed by atoms with Crippen LogP contribution in [0.5, 0.6) is 0 Å². The van der Waals surface area contributed by atoms with E-state index in [0.29, 0.717) is 14.5 Å². The summed E-state index contributed by atoms with van der Waals surface area (Å²) in [5, 5.41) is 0. The molecule has 1 rings (SSSR count). The quantitative estimate of drug-likeness (QED) is 0.758. The van der Waals surface area contributed by atoms with Crippen LogP contribution in [0.3, 0.4) is 0 Å². The minimum absolute atomic E-state index is 0.334. The molecule has 1 aromatic rings. The van der Waals surface area contributed by atoms with Crippen LogP contribution in [0, 0.1) is 0 Å². The average Bonchev–Trinajstić information content (AvgIpc) is 2.22. The Balaban J connectivity index is 2.74. The van der Waals surface area contributed by atoms with Crippen molar-refractivity contribution in [2.45, 2.75) is 12.6 Å². The smallest absolute Gasteiger partial charge is 0.341 e. The molecule has 0 radical (unpaired) electrons. The van der Waals surface area contributed by atoms with Crippen molar-refractivity contribution in [1.29, 1.82) is 0 Å². The Morgan fingerprint density at radius 3 is 2.17 bits per heavy atom. The Labute approximate surface area is 119 Å². The van der Waals surface area contributed by atoms with Gasteiger partial charge in [-0.2, -0.15) is 13.2 Å². The molecule has 0 saturated carbocycles. The zero-order chi connectivity index (χ0) is 13.9. The van der Waals surface area contributed by atoms with Gasteiger partial charge in [-0.15, -0.1) is 0 Å². The van der Waals surface area contributed by atoms with Crippen LogP contribution in [0.15, 0.2) is 27.1 Å². The van der Waals surface area contributed by atoms with Crippen LogP contribution in [0.1, 0.15) is 16.8 Å². The molecule has 1 amide bonds. The van der Waals surface area contributed by atoms with E-state index < -0.39 is 18.5 Å². The van der Waals surface area contributed by atoms with E-state index in [9.17, 15) is 18.0 Å². The van der Waals surface area contributed by atoms with Gasteiger partial charge in [-0.25, -0.2) is 0 Å². The van der Waals surface area contributed by atoms with Gasteiger partial charge in [0.15, 0.2) is 0 Å². The molecule has 0 atom stereocenters. The Bertz CT molecular complexity index is 428. The number of amides is 1. The summed E-state index contributed by atoms with van der Waals surface area (Å²) in [5.74, 6) is -0.443. The number of benzene rings is 1. The standard InChI is InChI=1S/C11H10Br2F3NO/c1-17(3-2-11(14,15)16)10(18)7-4-8(12)6-9(13)5-7/h4-6H,2-3H2,1H3. The van der Waals surface area contributed by atoms with Crippen LogP contribution in [-0.4, -0.2) is 30.6 Å².